The molecule has 0 spiro atoms. The first-order chi connectivity index (χ1) is 13.2. The molecule has 0 saturated heterocycles. The van der Waals surface area contributed by atoms with Crippen LogP contribution in [0.5, 0.6) is 0 Å². The maximum absolute atomic E-state index is 12.7. The summed E-state index contributed by atoms with van der Waals surface area (Å²) in [5.74, 6) is -1.37. The van der Waals surface area contributed by atoms with E-state index in [9.17, 15) is 29.8 Å². The summed E-state index contributed by atoms with van der Waals surface area (Å²) in [6.07, 6.45) is 2.37. The smallest absolute Gasteiger partial charge is 0.341 e. The number of rotatable bonds is 5. The Labute approximate surface area is 162 Å². The minimum atomic E-state index is -0.781. The molecular weight excluding hydrogens is 390 g/mol. The van der Waals surface area contributed by atoms with E-state index in [4.69, 9.17) is 4.74 Å². The predicted molar refractivity (Wildman–Crippen MR) is 100 cm³/mol. The van der Waals surface area contributed by atoms with Crippen molar-refractivity contribution < 1.29 is 24.2 Å². The number of esters is 1. The van der Waals surface area contributed by atoms with Gasteiger partial charge in [0.15, 0.2) is 0 Å². The predicted octanol–water partition coefficient (Wildman–Crippen LogP) is 3.40. The zero-order valence-corrected chi connectivity index (χ0v) is 15.8. The number of methoxy groups -OCH3 is 1. The molecule has 3 rings (SSSR count). The van der Waals surface area contributed by atoms with Gasteiger partial charge in [-0.25, -0.2) is 4.79 Å². The van der Waals surface area contributed by atoms with E-state index >= 15 is 0 Å². The summed E-state index contributed by atoms with van der Waals surface area (Å²) < 4.78 is 4.80. The molecule has 0 aliphatic heterocycles. The molecule has 1 aliphatic rings. The van der Waals surface area contributed by atoms with E-state index in [0.717, 1.165) is 35.4 Å². The number of benzene rings is 1. The van der Waals surface area contributed by atoms with Crippen LogP contribution in [0.4, 0.5) is 16.4 Å². The van der Waals surface area contributed by atoms with E-state index in [1.54, 1.807) is 0 Å². The van der Waals surface area contributed by atoms with Gasteiger partial charge >= 0.3 is 5.97 Å². The van der Waals surface area contributed by atoms with Gasteiger partial charge in [0.05, 0.1) is 28.1 Å². The second kappa shape index (κ2) is 7.35. The van der Waals surface area contributed by atoms with Crippen molar-refractivity contribution in [3.8, 4) is 0 Å². The zero-order valence-electron chi connectivity index (χ0n) is 14.9. The van der Waals surface area contributed by atoms with E-state index in [1.807, 2.05) is 0 Å². The van der Waals surface area contributed by atoms with Crippen LogP contribution in [0, 0.1) is 27.2 Å². The van der Waals surface area contributed by atoms with Crippen molar-refractivity contribution in [1.29, 1.82) is 0 Å². The summed E-state index contributed by atoms with van der Waals surface area (Å²) in [5.41, 5.74) is -0.342. The summed E-state index contributed by atoms with van der Waals surface area (Å²) in [6, 6.07) is 1.97. The first-order valence-electron chi connectivity index (χ1n) is 8.22. The molecule has 0 bridgehead atoms. The third-order valence-corrected chi connectivity index (χ3v) is 5.75. The van der Waals surface area contributed by atoms with Gasteiger partial charge < -0.3 is 10.1 Å². The minimum Gasteiger partial charge on any atom is -0.465 e. The number of nitrogens with zero attached hydrogens (tertiary/aromatic N) is 2. The molecule has 0 saturated carbocycles. The van der Waals surface area contributed by atoms with Crippen molar-refractivity contribution in [2.75, 3.05) is 12.4 Å². The molecule has 10 nitrogen and oxygen atoms in total. The number of hydrogen-bond acceptors (Lipinski definition) is 8. The Morgan fingerprint density at radius 1 is 1.14 bits per heavy atom. The number of thiophene rings is 1. The van der Waals surface area contributed by atoms with E-state index in [1.165, 1.54) is 25.4 Å². The Bertz CT molecular complexity index is 993. The number of nitro groups is 2. The molecule has 0 radical (unpaired) electrons. The van der Waals surface area contributed by atoms with Gasteiger partial charge in [0, 0.05) is 17.0 Å². The van der Waals surface area contributed by atoms with Gasteiger partial charge in [-0.05, 0) is 31.7 Å². The summed E-state index contributed by atoms with van der Waals surface area (Å²) in [7, 11) is 1.24. The van der Waals surface area contributed by atoms with Gasteiger partial charge in [0.1, 0.15) is 10.6 Å². The number of nitrogens with one attached hydrogen (secondary N) is 1. The molecule has 11 heteroatoms. The lowest BCUT2D eigenvalue weighted by Gasteiger charge is -2.08. The summed E-state index contributed by atoms with van der Waals surface area (Å²) >= 11 is 1.24. The quantitative estimate of drug-likeness (QED) is 0.456. The SMILES string of the molecule is COC(=O)c1c(NC(=O)c2cc([N+](=O)[O-])c(C)c([N+](=O)[O-])c2)sc2c1CCC2. The highest BCUT2D eigenvalue weighted by Crippen LogP contribution is 2.40. The zero-order chi connectivity index (χ0) is 20.6. The highest BCUT2D eigenvalue weighted by atomic mass is 32.1. The Morgan fingerprint density at radius 3 is 2.29 bits per heavy atom. The van der Waals surface area contributed by atoms with Crippen LogP contribution in [0.25, 0.3) is 0 Å². The van der Waals surface area contributed by atoms with E-state index < -0.39 is 33.1 Å². The van der Waals surface area contributed by atoms with E-state index in [0.29, 0.717) is 6.42 Å². The lowest BCUT2D eigenvalue weighted by atomic mass is 10.1. The van der Waals surface area contributed by atoms with Crippen LogP contribution in [0.3, 0.4) is 0 Å². The topological polar surface area (TPSA) is 142 Å². The van der Waals surface area contributed by atoms with Gasteiger partial charge in [0.2, 0.25) is 0 Å². The molecule has 2 aromatic rings. The molecule has 1 aliphatic carbocycles. The Balaban J connectivity index is 2.02. The lowest BCUT2D eigenvalue weighted by Crippen LogP contribution is -2.15. The maximum Gasteiger partial charge on any atom is 0.341 e. The molecule has 146 valence electrons. The third-order valence-electron chi connectivity index (χ3n) is 4.55. The fraction of sp³-hybridized carbons (Fsp3) is 0.294. The standard InChI is InChI=1S/C17H15N3O7S/c1-8-11(19(23)24)6-9(7-12(8)20(25)26)15(21)18-16-14(17(22)27-2)10-4-3-5-13(10)28-16/h6-7H,3-5H2,1-2H3,(H,18,21). The summed E-state index contributed by atoms with van der Waals surface area (Å²) in [5, 5.41) is 25.2. The number of carbonyl (C=O) groups is 2. The average molecular weight is 405 g/mol. The van der Waals surface area contributed by atoms with Gasteiger partial charge in [-0.3, -0.25) is 25.0 Å². The van der Waals surface area contributed by atoms with Crippen molar-refractivity contribution in [1.82, 2.24) is 0 Å². The van der Waals surface area contributed by atoms with Crippen LogP contribution in [0.1, 0.15) is 43.1 Å². The average Bonchev–Trinajstić information content (AvgIpc) is 3.21. The Kier molecular flexibility index (Phi) is 5.10. The van der Waals surface area contributed by atoms with E-state index in [-0.39, 0.29) is 21.7 Å². The van der Waals surface area contributed by atoms with E-state index in [2.05, 4.69) is 5.32 Å². The van der Waals surface area contributed by atoms with Crippen LogP contribution in [0.2, 0.25) is 0 Å². The summed E-state index contributed by atoms with van der Waals surface area (Å²) in [4.78, 5) is 46.6. The first-order valence-corrected chi connectivity index (χ1v) is 9.03. The number of amides is 1. The molecule has 1 amide bonds. The Hall–Kier alpha value is -3.34. The number of ether oxygens (including phenoxy) is 1. The molecular formula is C17H15N3O7S. The number of anilines is 1. The Morgan fingerprint density at radius 2 is 1.75 bits per heavy atom. The number of fused-ring (bicyclic) bond motifs is 1. The highest BCUT2D eigenvalue weighted by Gasteiger charge is 2.30. The summed E-state index contributed by atoms with van der Waals surface area (Å²) in [6.45, 7) is 1.25. The van der Waals surface area contributed by atoms with Crippen molar-refractivity contribution in [3.05, 3.63) is 59.5 Å². The lowest BCUT2D eigenvalue weighted by molar-refractivity contribution is -0.395. The fourth-order valence-electron chi connectivity index (χ4n) is 3.18. The van der Waals surface area contributed by atoms with Gasteiger partial charge in [0.25, 0.3) is 17.3 Å². The fourth-order valence-corrected chi connectivity index (χ4v) is 4.45. The molecule has 0 fully saturated rings. The molecule has 1 heterocycles. The number of nitro benzene ring substituents is 2. The van der Waals surface area contributed by atoms with Crippen LogP contribution in [-0.2, 0) is 17.6 Å². The normalized spacial score (nSPS) is 12.4. The molecule has 28 heavy (non-hydrogen) atoms. The van der Waals surface area contributed by atoms with Crippen molar-refractivity contribution in [2.45, 2.75) is 26.2 Å². The number of carbonyl (C=O) groups excluding carboxylic acids is 2. The minimum absolute atomic E-state index is 0.142. The van der Waals surface area contributed by atoms with Crippen LogP contribution < -0.4 is 5.32 Å². The number of hydrogen-bond donors (Lipinski definition) is 1. The third kappa shape index (κ3) is 3.31. The maximum atomic E-state index is 12.7. The van der Waals surface area contributed by atoms with Crippen LogP contribution in [-0.4, -0.2) is 28.8 Å². The number of aryl methyl sites for hydroxylation is 1. The van der Waals surface area contributed by atoms with Gasteiger partial charge in [-0.15, -0.1) is 11.3 Å². The van der Waals surface area contributed by atoms with Crippen molar-refractivity contribution in [2.24, 2.45) is 0 Å². The molecule has 1 aromatic heterocycles. The second-order valence-electron chi connectivity index (χ2n) is 6.16. The molecule has 1 N–H and O–H groups in total. The van der Waals surface area contributed by atoms with Gasteiger partial charge in [-0.1, -0.05) is 0 Å². The highest BCUT2D eigenvalue weighted by molar-refractivity contribution is 7.17. The molecule has 0 unspecified atom stereocenters. The van der Waals surface area contributed by atoms with Gasteiger partial charge in [-0.2, -0.15) is 0 Å². The van der Waals surface area contributed by atoms with Crippen LogP contribution in [0.15, 0.2) is 12.1 Å². The van der Waals surface area contributed by atoms with Crippen molar-refractivity contribution in [3.63, 3.8) is 0 Å². The first kappa shape index (κ1) is 19.4. The van der Waals surface area contributed by atoms with Crippen molar-refractivity contribution >= 4 is 39.6 Å². The second-order valence-corrected chi connectivity index (χ2v) is 7.27. The van der Waals surface area contributed by atoms with Crippen LogP contribution >= 0.6 is 11.3 Å². The molecule has 0 atom stereocenters. The monoisotopic (exact) mass is 405 g/mol. The molecule has 1 aromatic carbocycles. The largest absolute Gasteiger partial charge is 0.465 e.